The normalized spacial score (nSPS) is 10.5. The Morgan fingerprint density at radius 2 is 1.70 bits per heavy atom. The van der Waals surface area contributed by atoms with Crippen molar-refractivity contribution in [3.05, 3.63) is 35.9 Å². The standard InChI is InChI=1S/C7H7NO.C6H14N2O2.Cu/c8-7(9)6-4-2-1-3-5-6;7-4-2-1-3-5(8)6(9)10;/h1-5H,(H2,8,9);5H,1-4,7-8H2,(H,9,10);. The number of carboxylic acids is 1. The van der Waals surface area contributed by atoms with E-state index in [0.29, 0.717) is 18.5 Å². The molecule has 0 aliphatic carbocycles. The van der Waals surface area contributed by atoms with Crippen LogP contribution in [0.5, 0.6) is 0 Å². The Hall–Kier alpha value is -1.40. The predicted molar refractivity (Wildman–Crippen MR) is 73.5 cm³/mol. The van der Waals surface area contributed by atoms with Gasteiger partial charge in [0.05, 0.1) is 0 Å². The van der Waals surface area contributed by atoms with Gasteiger partial charge in [0, 0.05) is 22.6 Å². The minimum absolute atomic E-state index is 0. The van der Waals surface area contributed by atoms with Crippen molar-refractivity contribution in [1.29, 1.82) is 0 Å². The Bertz CT molecular complexity index is 388. The summed E-state index contributed by atoms with van der Waals surface area (Å²) in [7, 11) is 0. The molecule has 1 aromatic rings. The second-order valence-electron chi connectivity index (χ2n) is 3.96. The summed E-state index contributed by atoms with van der Waals surface area (Å²) >= 11 is 0. The third kappa shape index (κ3) is 10.5. The van der Waals surface area contributed by atoms with Gasteiger partial charge < -0.3 is 22.3 Å². The predicted octanol–water partition coefficient (Wildman–Crippen LogP) is 0.310. The van der Waals surface area contributed by atoms with E-state index in [1.807, 2.05) is 6.07 Å². The number of hydrogen-bond donors (Lipinski definition) is 4. The second kappa shape index (κ2) is 12.6. The van der Waals surface area contributed by atoms with Gasteiger partial charge >= 0.3 is 5.97 Å². The largest absolute Gasteiger partial charge is 0.480 e. The van der Waals surface area contributed by atoms with E-state index in [1.165, 1.54) is 0 Å². The van der Waals surface area contributed by atoms with Gasteiger partial charge in [0.2, 0.25) is 5.91 Å². The smallest absolute Gasteiger partial charge is 0.320 e. The Labute approximate surface area is 129 Å². The van der Waals surface area contributed by atoms with Gasteiger partial charge in [-0.2, -0.15) is 0 Å². The van der Waals surface area contributed by atoms with Crippen molar-refractivity contribution in [3.8, 4) is 0 Å². The number of amides is 1. The fourth-order valence-corrected chi connectivity index (χ4v) is 1.23. The zero-order chi connectivity index (χ0) is 14.7. The van der Waals surface area contributed by atoms with E-state index in [1.54, 1.807) is 24.3 Å². The third-order valence-corrected chi connectivity index (χ3v) is 2.34. The first-order valence-corrected chi connectivity index (χ1v) is 6.02. The molecule has 0 aliphatic heterocycles. The summed E-state index contributed by atoms with van der Waals surface area (Å²) in [4.78, 5) is 20.6. The summed E-state index contributed by atoms with van der Waals surface area (Å²) in [6.45, 7) is 0.604. The first kappa shape index (κ1) is 20.9. The molecule has 1 atom stereocenters. The van der Waals surface area contributed by atoms with Crippen LogP contribution in [0.2, 0.25) is 0 Å². The number of carbonyl (C=O) groups is 2. The molecule has 0 bridgehead atoms. The molecule has 7 N–H and O–H groups in total. The van der Waals surface area contributed by atoms with Gasteiger partial charge in [-0.1, -0.05) is 24.6 Å². The van der Waals surface area contributed by atoms with Gasteiger partial charge in [0.25, 0.3) is 0 Å². The van der Waals surface area contributed by atoms with Crippen LogP contribution >= 0.6 is 0 Å². The molecular formula is C13H21CuN3O3. The molecule has 0 aliphatic rings. The van der Waals surface area contributed by atoms with Crippen LogP contribution in [0.4, 0.5) is 0 Å². The summed E-state index contributed by atoms with van der Waals surface area (Å²) in [5.74, 6) is -1.31. The number of unbranched alkanes of at least 4 members (excludes halogenated alkanes) is 1. The van der Waals surface area contributed by atoms with Crippen molar-refractivity contribution in [2.24, 2.45) is 17.2 Å². The summed E-state index contributed by atoms with van der Waals surface area (Å²) in [5, 5.41) is 8.33. The zero-order valence-corrected chi connectivity index (χ0v) is 12.0. The van der Waals surface area contributed by atoms with E-state index in [2.05, 4.69) is 0 Å². The van der Waals surface area contributed by atoms with Crippen molar-refractivity contribution in [1.82, 2.24) is 0 Å². The molecule has 6 nitrogen and oxygen atoms in total. The van der Waals surface area contributed by atoms with Crippen LogP contribution in [0.15, 0.2) is 30.3 Å². The number of hydrogen-bond acceptors (Lipinski definition) is 4. The number of aliphatic carboxylic acids is 1. The quantitative estimate of drug-likeness (QED) is 0.440. The Balaban J connectivity index is 0. The number of nitrogens with two attached hydrogens (primary N) is 3. The molecule has 0 saturated heterocycles. The number of carboxylic acid groups (broad SMARTS) is 1. The molecule has 20 heavy (non-hydrogen) atoms. The molecule has 1 amide bonds. The number of rotatable bonds is 6. The summed E-state index contributed by atoms with van der Waals surface area (Å²) in [5.41, 5.74) is 15.9. The zero-order valence-electron chi connectivity index (χ0n) is 11.1. The fourth-order valence-electron chi connectivity index (χ4n) is 1.23. The van der Waals surface area contributed by atoms with Crippen LogP contribution in [0.25, 0.3) is 0 Å². The van der Waals surface area contributed by atoms with Gasteiger partial charge in [-0.15, -0.1) is 0 Å². The van der Waals surface area contributed by atoms with Gasteiger partial charge in [-0.3, -0.25) is 9.59 Å². The monoisotopic (exact) mass is 330 g/mol. The Morgan fingerprint density at radius 3 is 2.05 bits per heavy atom. The molecular weight excluding hydrogens is 310 g/mol. The van der Waals surface area contributed by atoms with Gasteiger partial charge in [0.15, 0.2) is 0 Å². The van der Waals surface area contributed by atoms with Crippen LogP contribution in [-0.4, -0.2) is 29.6 Å². The van der Waals surface area contributed by atoms with Gasteiger partial charge in [0.1, 0.15) is 6.04 Å². The summed E-state index contributed by atoms with van der Waals surface area (Å²) in [6.07, 6.45) is 2.16. The molecule has 0 aromatic heterocycles. The topological polar surface area (TPSA) is 132 Å². The average Bonchev–Trinajstić information content (AvgIpc) is 2.40. The average molecular weight is 331 g/mol. The van der Waals surface area contributed by atoms with E-state index in [0.717, 1.165) is 12.8 Å². The van der Waals surface area contributed by atoms with Crippen molar-refractivity contribution in [2.45, 2.75) is 25.3 Å². The minimum atomic E-state index is -0.933. The molecule has 1 radical (unpaired) electrons. The van der Waals surface area contributed by atoms with Crippen molar-refractivity contribution < 1.29 is 31.8 Å². The molecule has 0 saturated carbocycles. The van der Waals surface area contributed by atoms with Crippen molar-refractivity contribution >= 4 is 11.9 Å². The van der Waals surface area contributed by atoms with Crippen LogP contribution in [0.1, 0.15) is 29.6 Å². The van der Waals surface area contributed by atoms with E-state index in [9.17, 15) is 9.59 Å². The maximum atomic E-state index is 10.4. The number of primary amides is 1. The maximum Gasteiger partial charge on any atom is 0.320 e. The summed E-state index contributed by atoms with van der Waals surface area (Å²) in [6, 6.07) is 8.05. The van der Waals surface area contributed by atoms with E-state index >= 15 is 0 Å². The molecule has 0 spiro atoms. The van der Waals surface area contributed by atoms with Crippen LogP contribution in [-0.2, 0) is 21.9 Å². The Morgan fingerprint density at radius 1 is 1.15 bits per heavy atom. The molecule has 117 valence electrons. The molecule has 0 fully saturated rings. The molecule has 1 rings (SSSR count). The number of benzene rings is 1. The van der Waals surface area contributed by atoms with Crippen LogP contribution < -0.4 is 17.2 Å². The fraction of sp³-hybridized carbons (Fsp3) is 0.385. The van der Waals surface area contributed by atoms with Crippen LogP contribution in [0.3, 0.4) is 0 Å². The third-order valence-electron chi connectivity index (χ3n) is 2.34. The molecule has 1 aromatic carbocycles. The van der Waals surface area contributed by atoms with Crippen LogP contribution in [0, 0.1) is 0 Å². The van der Waals surface area contributed by atoms with Gasteiger partial charge in [-0.25, -0.2) is 0 Å². The minimum Gasteiger partial charge on any atom is -0.480 e. The molecule has 1 unspecified atom stereocenters. The summed E-state index contributed by atoms with van der Waals surface area (Å²) < 4.78 is 0. The van der Waals surface area contributed by atoms with E-state index in [-0.39, 0.29) is 23.0 Å². The van der Waals surface area contributed by atoms with E-state index in [4.69, 9.17) is 22.3 Å². The Kier molecular flexibility index (Phi) is 13.2. The first-order valence-electron chi connectivity index (χ1n) is 6.02. The van der Waals surface area contributed by atoms with Crippen molar-refractivity contribution in [3.63, 3.8) is 0 Å². The SMILES string of the molecule is NC(=O)c1ccccc1.NCCCCC(N)C(=O)O.[Cu]. The molecule has 0 heterocycles. The van der Waals surface area contributed by atoms with Gasteiger partial charge in [-0.05, 0) is 31.5 Å². The number of carbonyl (C=O) groups excluding carboxylic acids is 1. The molecule has 7 heteroatoms. The van der Waals surface area contributed by atoms with E-state index < -0.39 is 12.0 Å². The van der Waals surface area contributed by atoms with Crippen molar-refractivity contribution in [2.75, 3.05) is 6.54 Å². The maximum absolute atomic E-state index is 10.4. The second-order valence-corrected chi connectivity index (χ2v) is 3.96. The first-order chi connectivity index (χ1) is 8.99.